The molecule has 0 aromatic heterocycles. The summed E-state index contributed by atoms with van der Waals surface area (Å²) in [5.41, 5.74) is 1.10. The van der Waals surface area contributed by atoms with Gasteiger partial charge in [0.05, 0.1) is 4.92 Å². The molecule has 1 unspecified atom stereocenters. The first-order valence-corrected chi connectivity index (χ1v) is 6.39. The van der Waals surface area contributed by atoms with Gasteiger partial charge in [0.2, 0.25) is 0 Å². The van der Waals surface area contributed by atoms with Crippen molar-refractivity contribution >= 4 is 17.4 Å². The average molecular weight is 240 g/mol. The van der Waals surface area contributed by atoms with E-state index < -0.39 is 0 Å². The normalized spacial score (nSPS) is 12.4. The first kappa shape index (κ1) is 13.0. The molecule has 0 aliphatic rings. The van der Waals surface area contributed by atoms with E-state index in [-0.39, 0.29) is 10.6 Å². The number of hydrogen-bond donors (Lipinski definition) is 1. The first-order chi connectivity index (χ1) is 7.63. The number of nitro benzene ring substituents is 1. The number of thioether (sulfide) groups is 1. The molecule has 0 saturated carbocycles. The van der Waals surface area contributed by atoms with Gasteiger partial charge in [-0.05, 0) is 11.8 Å². The van der Waals surface area contributed by atoms with Gasteiger partial charge in [0, 0.05) is 30.5 Å². The molecular formula is C11H16N2O2S. The molecule has 0 heterocycles. The second-order valence-corrected chi connectivity index (χ2v) is 4.88. The lowest BCUT2D eigenvalue weighted by Crippen LogP contribution is -2.22. The maximum atomic E-state index is 10.6. The van der Waals surface area contributed by atoms with E-state index in [9.17, 15) is 10.1 Å². The van der Waals surface area contributed by atoms with Crippen LogP contribution in [0.25, 0.3) is 0 Å². The third kappa shape index (κ3) is 4.20. The standard InChI is InChI=1S/C11H16N2O2S/c1-9(16-2)7-12-8-10-4-3-5-11(6-10)13(14)15/h3-6,9,12H,7-8H2,1-2H3. The third-order valence-electron chi connectivity index (χ3n) is 2.28. The summed E-state index contributed by atoms with van der Waals surface area (Å²) < 4.78 is 0. The van der Waals surface area contributed by atoms with Crippen molar-refractivity contribution < 1.29 is 4.92 Å². The van der Waals surface area contributed by atoms with E-state index in [0.717, 1.165) is 12.1 Å². The largest absolute Gasteiger partial charge is 0.312 e. The Hall–Kier alpha value is -1.07. The van der Waals surface area contributed by atoms with Crippen molar-refractivity contribution in [3.8, 4) is 0 Å². The Morgan fingerprint density at radius 1 is 1.56 bits per heavy atom. The average Bonchev–Trinajstić information content (AvgIpc) is 2.29. The first-order valence-electron chi connectivity index (χ1n) is 5.10. The molecule has 1 atom stereocenters. The molecule has 0 spiro atoms. The molecule has 4 nitrogen and oxygen atoms in total. The van der Waals surface area contributed by atoms with Crippen LogP contribution in [0.2, 0.25) is 0 Å². The van der Waals surface area contributed by atoms with Crippen molar-refractivity contribution in [2.24, 2.45) is 0 Å². The second-order valence-electron chi connectivity index (χ2n) is 3.60. The molecule has 0 bridgehead atoms. The van der Waals surface area contributed by atoms with Crippen LogP contribution in [0.4, 0.5) is 5.69 Å². The fourth-order valence-corrected chi connectivity index (χ4v) is 1.57. The van der Waals surface area contributed by atoms with E-state index >= 15 is 0 Å². The third-order valence-corrected chi connectivity index (χ3v) is 3.26. The molecule has 16 heavy (non-hydrogen) atoms. The number of benzene rings is 1. The number of non-ortho nitro benzene ring substituents is 1. The van der Waals surface area contributed by atoms with Crippen molar-refractivity contribution in [2.45, 2.75) is 18.7 Å². The van der Waals surface area contributed by atoms with E-state index in [0.29, 0.717) is 11.8 Å². The van der Waals surface area contributed by atoms with Crippen molar-refractivity contribution in [1.82, 2.24) is 5.32 Å². The number of hydrogen-bond acceptors (Lipinski definition) is 4. The van der Waals surface area contributed by atoms with Gasteiger partial charge in [0.1, 0.15) is 0 Å². The molecule has 1 N–H and O–H groups in total. The molecule has 1 aromatic rings. The Bertz CT molecular complexity index is 358. The summed E-state index contributed by atoms with van der Waals surface area (Å²) in [6, 6.07) is 6.72. The highest BCUT2D eigenvalue weighted by molar-refractivity contribution is 7.99. The maximum absolute atomic E-state index is 10.6. The van der Waals surface area contributed by atoms with Crippen molar-refractivity contribution in [3.63, 3.8) is 0 Å². The molecule has 1 aromatic carbocycles. The molecule has 0 amide bonds. The second kappa shape index (κ2) is 6.50. The lowest BCUT2D eigenvalue weighted by molar-refractivity contribution is -0.384. The fourth-order valence-electron chi connectivity index (χ4n) is 1.28. The summed E-state index contributed by atoms with van der Waals surface area (Å²) in [7, 11) is 0. The summed E-state index contributed by atoms with van der Waals surface area (Å²) in [5, 5.41) is 14.4. The lowest BCUT2D eigenvalue weighted by atomic mass is 10.2. The highest BCUT2D eigenvalue weighted by atomic mass is 32.2. The van der Waals surface area contributed by atoms with Crippen molar-refractivity contribution in [2.75, 3.05) is 12.8 Å². The molecule has 0 saturated heterocycles. The zero-order valence-corrected chi connectivity index (χ0v) is 10.3. The van der Waals surface area contributed by atoms with Gasteiger partial charge in [-0.3, -0.25) is 10.1 Å². The summed E-state index contributed by atoms with van der Waals surface area (Å²) >= 11 is 1.80. The molecule has 88 valence electrons. The molecule has 0 fully saturated rings. The quantitative estimate of drug-likeness (QED) is 0.613. The Morgan fingerprint density at radius 2 is 2.31 bits per heavy atom. The summed E-state index contributed by atoms with van der Waals surface area (Å²) in [5.74, 6) is 0. The van der Waals surface area contributed by atoms with Gasteiger partial charge >= 0.3 is 0 Å². The Morgan fingerprint density at radius 3 is 2.94 bits per heavy atom. The van der Waals surface area contributed by atoms with Crippen LogP contribution in [0.5, 0.6) is 0 Å². The molecule has 0 aliphatic heterocycles. The smallest absolute Gasteiger partial charge is 0.269 e. The van der Waals surface area contributed by atoms with E-state index in [1.165, 1.54) is 6.07 Å². The fraction of sp³-hybridized carbons (Fsp3) is 0.455. The minimum Gasteiger partial charge on any atom is -0.312 e. The summed E-state index contributed by atoms with van der Waals surface area (Å²) in [4.78, 5) is 10.2. The molecule has 0 radical (unpaired) electrons. The van der Waals surface area contributed by atoms with Gasteiger partial charge in [-0.15, -0.1) is 0 Å². The molecular weight excluding hydrogens is 224 g/mol. The molecule has 1 rings (SSSR count). The van der Waals surface area contributed by atoms with Crippen LogP contribution in [-0.2, 0) is 6.54 Å². The van der Waals surface area contributed by atoms with Gasteiger partial charge in [-0.25, -0.2) is 0 Å². The van der Waals surface area contributed by atoms with Crippen molar-refractivity contribution in [1.29, 1.82) is 0 Å². The molecule has 5 heteroatoms. The SMILES string of the molecule is CSC(C)CNCc1cccc([N+](=O)[O-])c1. The Labute approximate surface area is 99.6 Å². The van der Waals surface area contributed by atoms with E-state index in [2.05, 4.69) is 18.5 Å². The van der Waals surface area contributed by atoms with Gasteiger partial charge in [0.25, 0.3) is 5.69 Å². The van der Waals surface area contributed by atoms with Crippen LogP contribution >= 0.6 is 11.8 Å². The number of nitrogens with one attached hydrogen (secondary N) is 1. The van der Waals surface area contributed by atoms with E-state index in [1.54, 1.807) is 23.9 Å². The van der Waals surface area contributed by atoms with Crippen LogP contribution < -0.4 is 5.32 Å². The minimum absolute atomic E-state index is 0.150. The molecule has 0 aliphatic carbocycles. The van der Waals surface area contributed by atoms with Gasteiger partial charge in [-0.2, -0.15) is 11.8 Å². The van der Waals surface area contributed by atoms with E-state index in [1.807, 2.05) is 6.07 Å². The highest BCUT2D eigenvalue weighted by Crippen LogP contribution is 2.13. The van der Waals surface area contributed by atoms with Crippen LogP contribution in [0.3, 0.4) is 0 Å². The topological polar surface area (TPSA) is 55.2 Å². The minimum atomic E-state index is -0.367. The monoisotopic (exact) mass is 240 g/mol. The highest BCUT2D eigenvalue weighted by Gasteiger charge is 2.05. The van der Waals surface area contributed by atoms with Crippen molar-refractivity contribution in [3.05, 3.63) is 39.9 Å². The van der Waals surface area contributed by atoms with Crippen LogP contribution in [0.1, 0.15) is 12.5 Å². The lowest BCUT2D eigenvalue weighted by Gasteiger charge is -2.09. The van der Waals surface area contributed by atoms with Gasteiger partial charge < -0.3 is 5.32 Å². The van der Waals surface area contributed by atoms with Crippen LogP contribution in [-0.4, -0.2) is 23.0 Å². The number of nitrogens with zero attached hydrogens (tertiary/aromatic N) is 1. The number of nitro groups is 1. The van der Waals surface area contributed by atoms with Crippen LogP contribution in [0.15, 0.2) is 24.3 Å². The maximum Gasteiger partial charge on any atom is 0.269 e. The zero-order chi connectivity index (χ0) is 12.0. The van der Waals surface area contributed by atoms with Gasteiger partial charge in [-0.1, -0.05) is 19.1 Å². The van der Waals surface area contributed by atoms with E-state index in [4.69, 9.17) is 0 Å². The summed E-state index contributed by atoms with van der Waals surface area (Å²) in [6.07, 6.45) is 2.07. The number of rotatable bonds is 6. The van der Waals surface area contributed by atoms with Crippen LogP contribution in [0, 0.1) is 10.1 Å². The predicted molar refractivity (Wildman–Crippen MR) is 67.8 cm³/mol. The van der Waals surface area contributed by atoms with Gasteiger partial charge in [0.15, 0.2) is 0 Å². The Balaban J connectivity index is 2.48. The zero-order valence-electron chi connectivity index (χ0n) is 9.47. The predicted octanol–water partition coefficient (Wildman–Crippen LogP) is 2.44. The Kier molecular flexibility index (Phi) is 5.28. The summed E-state index contributed by atoms with van der Waals surface area (Å²) in [6.45, 7) is 3.72.